The molecule has 0 saturated carbocycles. The first-order valence-electron chi connectivity index (χ1n) is 11.6. The van der Waals surface area contributed by atoms with Crippen LogP contribution in [0.2, 0.25) is 0 Å². The lowest BCUT2D eigenvalue weighted by Gasteiger charge is -2.34. The van der Waals surface area contributed by atoms with Crippen molar-refractivity contribution in [3.8, 4) is 0 Å². The number of guanidine groups is 1. The number of nitrogens with zero attached hydrogens (tertiary/aromatic N) is 5. The van der Waals surface area contributed by atoms with Crippen molar-refractivity contribution in [3.05, 3.63) is 18.5 Å². The number of aromatic nitrogens is 2. The number of halogens is 1. The van der Waals surface area contributed by atoms with Gasteiger partial charge in [-0.2, -0.15) is 0 Å². The Balaban J connectivity index is 0.00000512. The average Bonchev–Trinajstić information content (AvgIpc) is 2.78. The second-order valence-electron chi connectivity index (χ2n) is 8.01. The standard InChI is InChI=1S/C22H39N7O2.HI/c1-4-9-22(31,10-5-2)18-27-20(23-6-3)24-13-8-19(30)28-14-16-29(17-15-28)21-25-11-7-12-26-21;/h7,11-12,31H,4-6,8-10,13-18H2,1-3H3,(H2,23,24,27);1H. The van der Waals surface area contributed by atoms with Gasteiger partial charge >= 0.3 is 0 Å². The van der Waals surface area contributed by atoms with Crippen LogP contribution < -0.4 is 15.5 Å². The number of anilines is 1. The minimum Gasteiger partial charge on any atom is -0.388 e. The summed E-state index contributed by atoms with van der Waals surface area (Å²) in [4.78, 5) is 29.7. The third kappa shape index (κ3) is 9.43. The summed E-state index contributed by atoms with van der Waals surface area (Å²) in [5.41, 5.74) is -0.760. The number of carbonyl (C=O) groups is 1. The number of nitrogens with one attached hydrogen (secondary N) is 2. The number of aliphatic imine (C=N–C) groups is 1. The molecule has 3 N–H and O–H groups in total. The largest absolute Gasteiger partial charge is 0.388 e. The molecule has 1 aliphatic rings. The fourth-order valence-corrected chi connectivity index (χ4v) is 3.84. The minimum atomic E-state index is -0.760. The van der Waals surface area contributed by atoms with Crippen LogP contribution in [0.25, 0.3) is 0 Å². The van der Waals surface area contributed by atoms with Crippen molar-refractivity contribution in [2.75, 3.05) is 50.7 Å². The van der Waals surface area contributed by atoms with E-state index in [0.29, 0.717) is 44.5 Å². The number of aliphatic hydroxyl groups is 1. The van der Waals surface area contributed by atoms with Crippen molar-refractivity contribution in [1.82, 2.24) is 25.5 Å². The van der Waals surface area contributed by atoms with Gasteiger partial charge in [-0.15, -0.1) is 24.0 Å². The zero-order chi connectivity index (χ0) is 22.5. The van der Waals surface area contributed by atoms with Gasteiger partial charge in [-0.25, -0.2) is 9.97 Å². The molecule has 1 saturated heterocycles. The number of rotatable bonds is 11. The molecule has 1 amide bonds. The summed E-state index contributed by atoms with van der Waals surface area (Å²) in [5.74, 6) is 1.49. The molecule has 182 valence electrons. The molecule has 0 aliphatic carbocycles. The molecule has 0 spiro atoms. The molecular weight excluding hydrogens is 521 g/mol. The zero-order valence-electron chi connectivity index (χ0n) is 19.7. The lowest BCUT2D eigenvalue weighted by Crippen LogP contribution is -2.50. The summed E-state index contributed by atoms with van der Waals surface area (Å²) in [7, 11) is 0. The molecule has 2 rings (SSSR count). The van der Waals surface area contributed by atoms with Crippen LogP contribution in [0.4, 0.5) is 5.95 Å². The molecule has 2 heterocycles. The van der Waals surface area contributed by atoms with E-state index in [1.54, 1.807) is 18.5 Å². The van der Waals surface area contributed by atoms with E-state index >= 15 is 0 Å². The Bertz CT molecular complexity index is 676. The van der Waals surface area contributed by atoms with E-state index in [2.05, 4.69) is 44.3 Å². The van der Waals surface area contributed by atoms with Crippen LogP contribution in [0.15, 0.2) is 23.5 Å². The SMILES string of the molecule is CCCC(O)(CCC)CN=C(NCC)NCCC(=O)N1CCN(c2ncccn2)CC1.I. The maximum Gasteiger partial charge on any atom is 0.225 e. The van der Waals surface area contributed by atoms with Gasteiger partial charge in [0.2, 0.25) is 11.9 Å². The summed E-state index contributed by atoms with van der Waals surface area (Å²) >= 11 is 0. The Morgan fingerprint density at radius 2 is 1.72 bits per heavy atom. The molecule has 1 aromatic rings. The molecule has 1 aromatic heterocycles. The van der Waals surface area contributed by atoms with Crippen molar-refractivity contribution in [1.29, 1.82) is 0 Å². The fraction of sp³-hybridized carbons (Fsp3) is 0.727. The Kier molecular flexibility index (Phi) is 13.5. The highest BCUT2D eigenvalue weighted by Crippen LogP contribution is 2.19. The van der Waals surface area contributed by atoms with Gasteiger partial charge in [0.15, 0.2) is 5.96 Å². The van der Waals surface area contributed by atoms with Gasteiger partial charge in [-0.05, 0) is 25.8 Å². The molecule has 9 nitrogen and oxygen atoms in total. The predicted octanol–water partition coefficient (Wildman–Crippen LogP) is 2.02. The summed E-state index contributed by atoms with van der Waals surface area (Å²) in [6.45, 7) is 10.6. The summed E-state index contributed by atoms with van der Waals surface area (Å²) < 4.78 is 0. The predicted molar refractivity (Wildman–Crippen MR) is 140 cm³/mol. The number of amides is 1. The highest BCUT2D eigenvalue weighted by atomic mass is 127. The van der Waals surface area contributed by atoms with Crippen molar-refractivity contribution in [2.45, 2.75) is 58.5 Å². The Morgan fingerprint density at radius 3 is 2.28 bits per heavy atom. The van der Waals surface area contributed by atoms with Gasteiger partial charge in [-0.1, -0.05) is 26.7 Å². The minimum absolute atomic E-state index is 0. The van der Waals surface area contributed by atoms with Crippen molar-refractivity contribution < 1.29 is 9.90 Å². The molecule has 1 aliphatic heterocycles. The van der Waals surface area contributed by atoms with Gasteiger partial charge in [0.25, 0.3) is 0 Å². The van der Waals surface area contributed by atoms with Crippen molar-refractivity contribution in [2.24, 2.45) is 4.99 Å². The maximum absolute atomic E-state index is 12.6. The van der Waals surface area contributed by atoms with Crippen LogP contribution in [0.3, 0.4) is 0 Å². The first kappa shape index (κ1) is 28.3. The van der Waals surface area contributed by atoms with Gasteiger partial charge < -0.3 is 25.5 Å². The van der Waals surface area contributed by atoms with Crippen LogP contribution in [-0.4, -0.2) is 83.3 Å². The maximum atomic E-state index is 12.6. The van der Waals surface area contributed by atoms with E-state index in [4.69, 9.17) is 0 Å². The quantitative estimate of drug-likeness (QED) is 0.216. The van der Waals surface area contributed by atoms with E-state index < -0.39 is 5.60 Å². The van der Waals surface area contributed by atoms with Crippen molar-refractivity contribution >= 4 is 41.8 Å². The lowest BCUT2D eigenvalue weighted by molar-refractivity contribution is -0.131. The van der Waals surface area contributed by atoms with Gasteiger partial charge in [0.05, 0.1) is 12.1 Å². The third-order valence-corrected chi connectivity index (χ3v) is 5.41. The highest BCUT2D eigenvalue weighted by molar-refractivity contribution is 14.0. The summed E-state index contributed by atoms with van der Waals surface area (Å²) in [6, 6.07) is 1.80. The summed E-state index contributed by atoms with van der Waals surface area (Å²) in [5, 5.41) is 17.2. The van der Waals surface area contributed by atoms with Crippen LogP contribution >= 0.6 is 24.0 Å². The number of hydrogen-bond donors (Lipinski definition) is 3. The molecular formula is C22H40IN7O2. The van der Waals surface area contributed by atoms with Gasteiger partial charge in [-0.3, -0.25) is 9.79 Å². The highest BCUT2D eigenvalue weighted by Gasteiger charge is 2.25. The van der Waals surface area contributed by atoms with E-state index in [1.165, 1.54) is 0 Å². The average molecular weight is 562 g/mol. The molecule has 0 atom stereocenters. The normalized spacial score (nSPS) is 14.7. The first-order chi connectivity index (χ1) is 15.0. The zero-order valence-corrected chi connectivity index (χ0v) is 22.0. The Hall–Kier alpha value is -1.69. The lowest BCUT2D eigenvalue weighted by atomic mass is 9.93. The second kappa shape index (κ2) is 15.2. The summed E-state index contributed by atoms with van der Waals surface area (Å²) in [6.07, 6.45) is 7.20. The van der Waals surface area contributed by atoms with E-state index in [9.17, 15) is 9.90 Å². The number of carbonyl (C=O) groups excluding carboxylic acids is 1. The first-order valence-corrected chi connectivity index (χ1v) is 11.6. The molecule has 0 radical (unpaired) electrons. The van der Waals surface area contributed by atoms with Gasteiger partial charge in [0.1, 0.15) is 0 Å². The van der Waals surface area contributed by atoms with E-state index in [0.717, 1.165) is 45.3 Å². The van der Waals surface area contributed by atoms with Crippen molar-refractivity contribution in [3.63, 3.8) is 0 Å². The third-order valence-electron chi connectivity index (χ3n) is 5.41. The van der Waals surface area contributed by atoms with Crippen LogP contribution in [0, 0.1) is 0 Å². The number of piperazine rings is 1. The Morgan fingerprint density at radius 1 is 1.09 bits per heavy atom. The van der Waals surface area contributed by atoms with E-state index in [1.807, 2.05) is 11.8 Å². The molecule has 10 heteroatoms. The van der Waals surface area contributed by atoms with Crippen LogP contribution in [0.5, 0.6) is 0 Å². The molecule has 0 unspecified atom stereocenters. The number of hydrogen-bond acceptors (Lipinski definition) is 6. The molecule has 32 heavy (non-hydrogen) atoms. The van der Waals surface area contributed by atoms with Crippen LogP contribution in [-0.2, 0) is 4.79 Å². The monoisotopic (exact) mass is 561 g/mol. The fourth-order valence-electron chi connectivity index (χ4n) is 3.84. The molecule has 0 bridgehead atoms. The second-order valence-corrected chi connectivity index (χ2v) is 8.01. The molecule has 1 fully saturated rings. The Labute approximate surface area is 209 Å². The topological polar surface area (TPSA) is 106 Å². The van der Waals surface area contributed by atoms with Gasteiger partial charge in [0, 0.05) is 58.1 Å². The smallest absolute Gasteiger partial charge is 0.225 e. The van der Waals surface area contributed by atoms with E-state index in [-0.39, 0.29) is 29.9 Å². The molecule has 0 aromatic carbocycles. The van der Waals surface area contributed by atoms with Crippen LogP contribution in [0.1, 0.15) is 52.9 Å².